The van der Waals surface area contributed by atoms with E-state index in [-0.39, 0.29) is 43.7 Å². The molecule has 2 saturated heterocycles. The van der Waals surface area contributed by atoms with E-state index < -0.39 is 49.8 Å². The number of hydrogen-bond acceptors (Lipinski definition) is 7. The lowest BCUT2D eigenvalue weighted by atomic mass is 9.82. The molecule has 1 spiro atoms. The van der Waals surface area contributed by atoms with Gasteiger partial charge in [-0.25, -0.2) is 0 Å². The van der Waals surface area contributed by atoms with Crippen molar-refractivity contribution in [2.45, 2.75) is 88.8 Å². The van der Waals surface area contributed by atoms with Crippen molar-refractivity contribution < 1.29 is 37.9 Å². The van der Waals surface area contributed by atoms with E-state index in [1.807, 2.05) is 67.6 Å². The Labute approximate surface area is 291 Å². The number of amides is 3. The first-order chi connectivity index (χ1) is 23.8. The van der Waals surface area contributed by atoms with Crippen molar-refractivity contribution in [2.75, 3.05) is 16.4 Å². The highest BCUT2D eigenvalue weighted by Crippen LogP contribution is 2.60. The molecule has 1 N–H and O–H groups in total. The highest BCUT2D eigenvalue weighted by atomic mass is 28.4. The van der Waals surface area contributed by atoms with Crippen LogP contribution < -0.4 is 9.80 Å². The molecule has 0 saturated carbocycles. The van der Waals surface area contributed by atoms with Gasteiger partial charge in [0.25, 0.3) is 5.91 Å². The molecule has 12 heteroatoms. The number of fused-ring (bicyclic) bond motifs is 3. The number of aliphatic hydroxyl groups is 1. The molecule has 3 aromatic carbocycles. The van der Waals surface area contributed by atoms with Gasteiger partial charge in [0.1, 0.15) is 0 Å². The zero-order chi connectivity index (χ0) is 35.5. The molecule has 0 bridgehead atoms. The van der Waals surface area contributed by atoms with Gasteiger partial charge < -0.3 is 28.5 Å². The Kier molecular flexibility index (Phi) is 8.68. The zero-order valence-electron chi connectivity index (χ0n) is 28.7. The highest BCUT2D eigenvalue weighted by molar-refractivity contribution is 6.72. The summed E-state index contributed by atoms with van der Waals surface area (Å²) in [7, 11) is -3.51. The molecule has 4 aliphatic heterocycles. The maximum Gasteiger partial charge on any atom is 0.304 e. The Morgan fingerprint density at radius 2 is 1.68 bits per heavy atom. The summed E-state index contributed by atoms with van der Waals surface area (Å²) < 4.78 is 28.4. The van der Waals surface area contributed by atoms with E-state index in [0.29, 0.717) is 29.9 Å². The third-order valence-electron chi connectivity index (χ3n) is 10.9. The number of para-hydroxylation sites is 1. The fourth-order valence-corrected chi connectivity index (χ4v) is 11.1. The predicted molar refractivity (Wildman–Crippen MR) is 186 cm³/mol. The maximum absolute atomic E-state index is 16.4. The lowest BCUT2D eigenvalue weighted by Crippen LogP contribution is -2.54. The Bertz CT molecular complexity index is 1850. The topological polar surface area (TPSA) is 117 Å². The smallest absolute Gasteiger partial charge is 0.304 e. The van der Waals surface area contributed by atoms with Gasteiger partial charge in [0.15, 0.2) is 11.8 Å². The number of aliphatic hydroxyl groups excluding tert-OH is 1. The molecule has 4 aliphatic rings. The third kappa shape index (κ3) is 5.63. The quantitative estimate of drug-likeness (QED) is 0.153. The van der Waals surface area contributed by atoms with E-state index in [4.69, 9.17) is 9.47 Å². The van der Waals surface area contributed by atoms with E-state index in [0.717, 1.165) is 16.7 Å². The Hall–Kier alpha value is -4.39. The number of halogens is 1. The van der Waals surface area contributed by atoms with Crippen LogP contribution in [0.2, 0.25) is 18.6 Å². The number of carbonyl (C=O) groups is 4. The first-order valence-corrected chi connectivity index (χ1v) is 20.1. The van der Waals surface area contributed by atoms with Gasteiger partial charge in [-0.2, -0.15) is 0 Å². The van der Waals surface area contributed by atoms with Gasteiger partial charge in [-0.1, -0.05) is 61.5 Å². The minimum atomic E-state index is -3.51. The molecule has 262 valence electrons. The summed E-state index contributed by atoms with van der Waals surface area (Å²) in [5.41, 5.74) is 2.68. The Morgan fingerprint density at radius 3 is 2.34 bits per heavy atom. The van der Waals surface area contributed by atoms with Crippen molar-refractivity contribution in [3.63, 3.8) is 0 Å². The van der Waals surface area contributed by atoms with Gasteiger partial charge in [0.05, 0.1) is 43.8 Å². The average molecular weight is 700 g/mol. The average Bonchev–Trinajstić information content (AvgIpc) is 3.50. The van der Waals surface area contributed by atoms with Crippen LogP contribution in [0.15, 0.2) is 72.8 Å². The number of nitrogens with zero attached hydrogens (tertiary/aromatic N) is 3. The van der Waals surface area contributed by atoms with Crippen molar-refractivity contribution in [3.05, 3.63) is 95.1 Å². The minimum absolute atomic E-state index is 0.101. The standard InChI is InChI=1S/C38H42FN3O7Si/c1-23-36(50(3,4)39)32(18-33(45)40-21-27-10-6-5-9-26(27)17-29(40)22-43)49-38(23)30-11-7-8-12-31(30)41(37(38)47)20-25-13-15-28(16-14-25)42-34(46)19-35(42)48-24(2)44/h5-16,23,29,32,35-36,43H,17-22H2,1-4H3/t23-,29-,32+,35?,36-,38+/m0/s1. The molecule has 4 heterocycles. The third-order valence-corrected chi connectivity index (χ3v) is 13.4. The van der Waals surface area contributed by atoms with Crippen molar-refractivity contribution in [1.29, 1.82) is 0 Å². The van der Waals surface area contributed by atoms with Crippen LogP contribution in [0.4, 0.5) is 15.5 Å². The second-order valence-electron chi connectivity index (χ2n) is 14.4. The molecule has 0 aliphatic carbocycles. The summed E-state index contributed by atoms with van der Waals surface area (Å²) in [4.78, 5) is 57.3. The summed E-state index contributed by atoms with van der Waals surface area (Å²) in [5, 5.41) is 10.2. The summed E-state index contributed by atoms with van der Waals surface area (Å²) >= 11 is 0. The van der Waals surface area contributed by atoms with Crippen LogP contribution in [0.3, 0.4) is 0 Å². The molecule has 0 aromatic heterocycles. The van der Waals surface area contributed by atoms with Crippen LogP contribution in [-0.4, -0.2) is 67.1 Å². The number of benzene rings is 3. The number of esters is 1. The molecule has 6 atom stereocenters. The number of anilines is 2. The minimum Gasteiger partial charge on any atom is -0.441 e. The molecule has 0 radical (unpaired) electrons. The summed E-state index contributed by atoms with van der Waals surface area (Å²) in [6, 6.07) is 22.0. The first kappa shape index (κ1) is 34.1. The molecule has 7 rings (SSSR count). The number of carbonyl (C=O) groups excluding carboxylic acids is 4. The number of rotatable bonds is 8. The largest absolute Gasteiger partial charge is 0.441 e. The van der Waals surface area contributed by atoms with Gasteiger partial charge in [-0.15, -0.1) is 0 Å². The van der Waals surface area contributed by atoms with Crippen LogP contribution in [-0.2, 0) is 53.8 Å². The molecular formula is C38H42FN3O7Si. The monoisotopic (exact) mass is 699 g/mol. The van der Waals surface area contributed by atoms with Gasteiger partial charge >= 0.3 is 5.97 Å². The van der Waals surface area contributed by atoms with E-state index >= 15 is 4.11 Å². The summed E-state index contributed by atoms with van der Waals surface area (Å²) in [5.74, 6) is -1.71. The second kappa shape index (κ2) is 12.7. The summed E-state index contributed by atoms with van der Waals surface area (Å²) in [6.07, 6.45) is -0.928. The molecule has 50 heavy (non-hydrogen) atoms. The van der Waals surface area contributed by atoms with Crippen molar-refractivity contribution >= 4 is 43.5 Å². The van der Waals surface area contributed by atoms with E-state index in [2.05, 4.69) is 0 Å². The SMILES string of the molecule is CC(=O)OC1CC(=O)N1c1ccc(CN2C(=O)[C@]3(O[C@H](CC(=O)N4Cc5ccccc5C[C@H]4CO)[C@@H]([Si](C)(C)F)[C@@H]3C)c3ccccc32)cc1. The van der Waals surface area contributed by atoms with Gasteiger partial charge in [-0.05, 0) is 54.4 Å². The van der Waals surface area contributed by atoms with Crippen LogP contribution in [0, 0.1) is 5.92 Å². The molecule has 10 nitrogen and oxygen atoms in total. The van der Waals surface area contributed by atoms with Crippen LogP contribution >= 0.6 is 0 Å². The van der Waals surface area contributed by atoms with Crippen LogP contribution in [0.1, 0.15) is 48.9 Å². The lowest BCUT2D eigenvalue weighted by molar-refractivity contribution is -0.154. The molecule has 1 unspecified atom stereocenters. The molecular weight excluding hydrogens is 658 g/mol. The highest BCUT2D eigenvalue weighted by Gasteiger charge is 2.67. The van der Waals surface area contributed by atoms with Gasteiger partial charge in [0.2, 0.25) is 20.2 Å². The zero-order valence-corrected chi connectivity index (χ0v) is 29.7. The van der Waals surface area contributed by atoms with E-state index in [9.17, 15) is 24.3 Å². The fraction of sp³-hybridized carbons (Fsp3) is 0.421. The Balaban J connectivity index is 1.16. The molecule has 3 aromatic rings. The fourth-order valence-electron chi connectivity index (χ4n) is 8.62. The van der Waals surface area contributed by atoms with Crippen molar-refractivity contribution in [3.8, 4) is 0 Å². The lowest BCUT2D eigenvalue weighted by Gasteiger charge is -2.39. The van der Waals surface area contributed by atoms with E-state index in [1.165, 1.54) is 11.8 Å². The first-order valence-electron chi connectivity index (χ1n) is 17.2. The van der Waals surface area contributed by atoms with Crippen molar-refractivity contribution in [1.82, 2.24) is 4.90 Å². The second-order valence-corrected chi connectivity index (χ2v) is 18.2. The van der Waals surface area contributed by atoms with Crippen LogP contribution in [0.5, 0.6) is 0 Å². The number of hydrogen-bond donors (Lipinski definition) is 1. The van der Waals surface area contributed by atoms with E-state index in [1.54, 1.807) is 35.0 Å². The number of β-lactam (4-membered cyclic amide) rings is 1. The molecule has 2 fully saturated rings. The molecule has 3 amide bonds. The van der Waals surface area contributed by atoms with Crippen molar-refractivity contribution in [2.24, 2.45) is 5.92 Å². The van der Waals surface area contributed by atoms with Gasteiger partial charge in [0, 0.05) is 36.2 Å². The van der Waals surface area contributed by atoms with Crippen LogP contribution in [0.25, 0.3) is 0 Å². The normalized spacial score (nSPS) is 27.3. The maximum atomic E-state index is 16.4. The number of ether oxygens (including phenoxy) is 2. The summed E-state index contributed by atoms with van der Waals surface area (Å²) in [6.45, 7) is 6.75. The Morgan fingerprint density at radius 1 is 1.00 bits per heavy atom. The predicted octanol–water partition coefficient (Wildman–Crippen LogP) is 4.97. The van der Waals surface area contributed by atoms with Gasteiger partial charge in [-0.3, -0.25) is 24.1 Å².